The van der Waals surface area contributed by atoms with Crippen molar-refractivity contribution in [2.45, 2.75) is 84.0 Å². The minimum absolute atomic E-state index is 0.0504. The van der Waals surface area contributed by atoms with Crippen LogP contribution in [0.4, 0.5) is 11.4 Å². The van der Waals surface area contributed by atoms with Crippen LogP contribution in [0.1, 0.15) is 86.6 Å². The lowest BCUT2D eigenvalue weighted by atomic mass is 9.97. The van der Waals surface area contributed by atoms with Gasteiger partial charge in [0.2, 0.25) is 17.7 Å². The molecular weight excluding hydrogens is 827 g/mol. The largest absolute Gasteiger partial charge is 0.481 e. The maximum Gasteiger partial charge on any atom is 0.326 e. The fourth-order valence-corrected chi connectivity index (χ4v) is 6.80. The first kappa shape index (κ1) is 49.1. The second-order valence-electron chi connectivity index (χ2n) is 15.7. The number of carbonyl (C=O) groups is 7. The lowest BCUT2D eigenvalue weighted by Crippen LogP contribution is -2.57. The van der Waals surface area contributed by atoms with Crippen molar-refractivity contribution in [3.8, 4) is 0 Å². The van der Waals surface area contributed by atoms with Gasteiger partial charge in [0.15, 0.2) is 5.96 Å². The maximum absolute atomic E-state index is 14.1. The highest BCUT2D eigenvalue weighted by Gasteiger charge is 2.34. The molecule has 0 aliphatic rings. The number of nitrogens with two attached hydrogens (primary N) is 2. The predicted octanol–water partition coefficient (Wildman–Crippen LogP) is 3.21. The average Bonchev–Trinajstić information content (AvgIpc) is 3.24. The number of guanidine groups is 1. The smallest absolute Gasteiger partial charge is 0.326 e. The molecule has 0 radical (unpaired) electrons. The Labute approximate surface area is 369 Å². The molecule has 1 aromatic heterocycles. The Hall–Kier alpha value is -7.57. The predicted molar refractivity (Wildman–Crippen MR) is 241 cm³/mol. The van der Waals surface area contributed by atoms with E-state index in [0.717, 1.165) is 15.3 Å². The van der Waals surface area contributed by atoms with Crippen molar-refractivity contribution in [1.82, 2.24) is 20.5 Å². The molecule has 0 saturated carbocycles. The van der Waals surface area contributed by atoms with E-state index in [1.807, 2.05) is 36.4 Å². The number of aromatic nitrogens is 1. The van der Waals surface area contributed by atoms with Crippen LogP contribution in [-0.4, -0.2) is 86.9 Å². The molecule has 0 bridgehead atoms. The van der Waals surface area contributed by atoms with E-state index in [9.17, 15) is 48.6 Å². The summed E-state index contributed by atoms with van der Waals surface area (Å²) in [4.78, 5) is 109. The summed E-state index contributed by atoms with van der Waals surface area (Å²) in [7, 11) is 0. The minimum atomic E-state index is -1.76. The van der Waals surface area contributed by atoms with Crippen molar-refractivity contribution < 1.29 is 43.8 Å². The zero-order chi connectivity index (χ0) is 47.1. The Balaban J connectivity index is 1.52. The summed E-state index contributed by atoms with van der Waals surface area (Å²) >= 11 is 0. The molecule has 5 amide bonds. The van der Waals surface area contributed by atoms with E-state index in [1.54, 1.807) is 33.8 Å². The first-order valence-electron chi connectivity index (χ1n) is 20.7. The van der Waals surface area contributed by atoms with Crippen molar-refractivity contribution in [2.24, 2.45) is 28.3 Å². The molecule has 0 fully saturated rings. The van der Waals surface area contributed by atoms with Crippen molar-refractivity contribution in [1.29, 1.82) is 0 Å². The third-order valence-corrected chi connectivity index (χ3v) is 10.3. The van der Waals surface area contributed by atoms with Gasteiger partial charge in [-0.15, -0.1) is 0 Å². The van der Waals surface area contributed by atoms with Gasteiger partial charge in [0, 0.05) is 29.6 Å². The summed E-state index contributed by atoms with van der Waals surface area (Å²) in [6, 6.07) is 16.0. The molecule has 64 heavy (non-hydrogen) atoms. The molecule has 3 aromatic carbocycles. The highest BCUT2D eigenvalue weighted by molar-refractivity contribution is 6.07. The van der Waals surface area contributed by atoms with Crippen LogP contribution in [0.2, 0.25) is 0 Å². The Morgan fingerprint density at radius 3 is 1.91 bits per heavy atom. The lowest BCUT2D eigenvalue weighted by Gasteiger charge is -2.28. The van der Waals surface area contributed by atoms with Crippen LogP contribution in [0.25, 0.3) is 10.8 Å². The highest BCUT2D eigenvalue weighted by atomic mass is 16.4. The van der Waals surface area contributed by atoms with Gasteiger partial charge >= 0.3 is 11.9 Å². The number of pyridine rings is 1. The summed E-state index contributed by atoms with van der Waals surface area (Å²) in [6.45, 7) is 7.00. The summed E-state index contributed by atoms with van der Waals surface area (Å²) in [6.07, 6.45) is 0.872. The van der Waals surface area contributed by atoms with E-state index in [4.69, 9.17) is 11.5 Å². The first-order chi connectivity index (χ1) is 30.4. The standard InChI is InChI=1S/C45H55N9O10/c1-5-26(4)37(42(61)52-34(24-36(55)56)41(60)50-32(12-8-20-48-45(46)47)40(59)53-35(44(63)64)22-25(2)3)54-21-9-13-33(43(54)62)51-39(58)29-16-14-28(15-17-29)38(57)49-31-19-18-27-10-6-7-11-30(27)23-31/h6-7,9-11,13-19,21,23,25-26,32,34-35,37H,5,8,12,20,22,24H2,1-4H3,(H,49,57)(H,50,60)(H,51,58)(H,52,61)(H,53,59)(H,55,56)(H,63,64)(H4,46,47,48)/t26?,32-,34-,35-,37?/m0/s1. The normalized spacial score (nSPS) is 13.3. The zero-order valence-corrected chi connectivity index (χ0v) is 36.0. The third kappa shape index (κ3) is 14.0. The van der Waals surface area contributed by atoms with Crippen molar-refractivity contribution >= 4 is 69.6 Å². The van der Waals surface area contributed by atoms with E-state index < -0.39 is 83.5 Å². The Kier molecular flexibility index (Phi) is 17.7. The maximum atomic E-state index is 14.1. The van der Waals surface area contributed by atoms with Gasteiger partial charge in [-0.25, -0.2) is 4.79 Å². The van der Waals surface area contributed by atoms with Crippen LogP contribution in [0.3, 0.4) is 0 Å². The van der Waals surface area contributed by atoms with Crippen molar-refractivity contribution in [3.05, 3.63) is 107 Å². The van der Waals surface area contributed by atoms with Gasteiger partial charge in [0.25, 0.3) is 17.4 Å². The van der Waals surface area contributed by atoms with Gasteiger partial charge in [0.1, 0.15) is 29.9 Å². The van der Waals surface area contributed by atoms with Crippen LogP contribution in [0, 0.1) is 11.8 Å². The molecule has 340 valence electrons. The number of carbonyl (C=O) groups excluding carboxylic acids is 5. The molecule has 1 heterocycles. The minimum Gasteiger partial charge on any atom is -0.481 e. The molecule has 0 spiro atoms. The molecule has 0 aliphatic heterocycles. The molecule has 4 rings (SSSR count). The van der Waals surface area contributed by atoms with E-state index in [-0.39, 0.29) is 54.5 Å². The molecule has 5 atom stereocenters. The van der Waals surface area contributed by atoms with Crippen molar-refractivity contribution in [3.63, 3.8) is 0 Å². The number of carboxylic acids is 2. The fourth-order valence-electron chi connectivity index (χ4n) is 6.80. The Morgan fingerprint density at radius 2 is 1.31 bits per heavy atom. The monoisotopic (exact) mass is 881 g/mol. The van der Waals surface area contributed by atoms with Gasteiger partial charge in [-0.2, -0.15) is 0 Å². The van der Waals surface area contributed by atoms with Crippen LogP contribution >= 0.6 is 0 Å². The average molecular weight is 882 g/mol. The van der Waals surface area contributed by atoms with Gasteiger partial charge in [0.05, 0.1) is 6.42 Å². The molecule has 0 aliphatic carbocycles. The van der Waals surface area contributed by atoms with Gasteiger partial charge < -0.3 is 52.8 Å². The number of hydrogen-bond donors (Lipinski definition) is 9. The van der Waals surface area contributed by atoms with Crippen LogP contribution < -0.4 is 43.6 Å². The molecule has 0 saturated heterocycles. The number of hydrogen-bond acceptors (Lipinski definition) is 9. The second-order valence-corrected chi connectivity index (χ2v) is 15.7. The summed E-state index contributed by atoms with van der Waals surface area (Å²) in [5.41, 5.74) is 10.8. The number of benzene rings is 3. The lowest BCUT2D eigenvalue weighted by molar-refractivity contribution is -0.143. The molecule has 11 N–H and O–H groups in total. The quantitative estimate of drug-likeness (QED) is 0.0312. The number of aliphatic imine (C=N–C) groups is 1. The number of amides is 5. The number of fused-ring (bicyclic) bond motifs is 1. The van der Waals surface area contributed by atoms with Crippen LogP contribution in [-0.2, 0) is 24.0 Å². The SMILES string of the molecule is CCC(C)C(C(=O)N[C@@H](CC(=O)O)C(=O)N[C@@H](CCCN=C(N)N)C(=O)N[C@@H](CC(C)C)C(=O)O)n1cccc(NC(=O)c2ccc(C(=O)Nc3ccc4ccccc4c3)cc2)c1=O. The fraction of sp³-hybridized carbons (Fsp3) is 0.356. The third-order valence-electron chi connectivity index (χ3n) is 10.3. The van der Waals surface area contributed by atoms with Gasteiger partial charge in [-0.3, -0.25) is 38.6 Å². The molecular formula is C45H55N9O10. The summed E-state index contributed by atoms with van der Waals surface area (Å²) in [5.74, 6) is -7.61. The number of carboxylic acid groups (broad SMARTS) is 2. The van der Waals surface area contributed by atoms with E-state index >= 15 is 0 Å². The first-order valence-corrected chi connectivity index (χ1v) is 20.7. The zero-order valence-electron chi connectivity index (χ0n) is 36.0. The molecule has 2 unspecified atom stereocenters. The Morgan fingerprint density at radius 1 is 0.719 bits per heavy atom. The van der Waals surface area contributed by atoms with E-state index in [0.29, 0.717) is 12.1 Å². The van der Waals surface area contributed by atoms with E-state index in [1.165, 1.54) is 42.6 Å². The number of rotatable bonds is 22. The number of aliphatic carboxylic acids is 2. The summed E-state index contributed by atoms with van der Waals surface area (Å²) in [5, 5.41) is 34.1. The van der Waals surface area contributed by atoms with Gasteiger partial charge in [-0.1, -0.05) is 64.4 Å². The number of nitrogens with zero attached hydrogens (tertiary/aromatic N) is 2. The highest BCUT2D eigenvalue weighted by Crippen LogP contribution is 2.23. The molecule has 19 nitrogen and oxygen atoms in total. The second kappa shape index (κ2) is 23.0. The topological polar surface area (TPSA) is 306 Å². The van der Waals surface area contributed by atoms with Crippen LogP contribution in [0.15, 0.2) is 94.8 Å². The summed E-state index contributed by atoms with van der Waals surface area (Å²) < 4.78 is 1.07. The number of anilines is 2. The molecule has 4 aromatic rings. The van der Waals surface area contributed by atoms with Gasteiger partial charge in [-0.05, 0) is 90.4 Å². The van der Waals surface area contributed by atoms with Crippen molar-refractivity contribution in [2.75, 3.05) is 17.2 Å². The number of nitrogens with one attached hydrogen (secondary N) is 5. The van der Waals surface area contributed by atoms with Crippen LogP contribution in [0.5, 0.6) is 0 Å². The Bertz CT molecular complexity index is 2430. The molecule has 19 heteroatoms. The van der Waals surface area contributed by atoms with E-state index in [2.05, 4.69) is 31.6 Å².